The van der Waals surface area contributed by atoms with Crippen molar-refractivity contribution in [2.24, 2.45) is 0 Å². The van der Waals surface area contributed by atoms with Gasteiger partial charge in [-0.1, -0.05) is 6.07 Å². The Balaban J connectivity index is 1.41. The van der Waals surface area contributed by atoms with Gasteiger partial charge in [-0.2, -0.15) is 0 Å². The predicted molar refractivity (Wildman–Crippen MR) is 131 cm³/mol. The number of likely N-dealkylation sites (tertiary alicyclic amines) is 1. The number of benzene rings is 2. The van der Waals surface area contributed by atoms with Crippen LogP contribution < -0.4 is 9.64 Å². The number of aromatic nitrogens is 2. The van der Waals surface area contributed by atoms with Gasteiger partial charge in [-0.25, -0.2) is 9.97 Å². The fourth-order valence-corrected chi connectivity index (χ4v) is 4.91. The first kappa shape index (κ1) is 22.3. The van der Waals surface area contributed by atoms with E-state index in [1.54, 1.807) is 13.3 Å². The van der Waals surface area contributed by atoms with Gasteiger partial charge in [0.25, 0.3) is 5.91 Å². The first-order valence-corrected chi connectivity index (χ1v) is 11.9. The molecule has 2 saturated heterocycles. The van der Waals surface area contributed by atoms with E-state index in [2.05, 4.69) is 22.9 Å². The Bertz CT molecular complexity index is 1160. The second kappa shape index (κ2) is 9.81. The molecule has 0 bridgehead atoms. The SMILES string of the molecule is COc1ccc(-c2nccc(C3CCCN3C(=O)c3cccc(N4CCOCC4)c3C)n2)cc1. The van der Waals surface area contributed by atoms with Crippen molar-refractivity contribution in [1.29, 1.82) is 0 Å². The Morgan fingerprint density at radius 2 is 1.85 bits per heavy atom. The molecule has 176 valence electrons. The maximum Gasteiger partial charge on any atom is 0.254 e. The molecule has 0 aliphatic carbocycles. The van der Waals surface area contributed by atoms with E-state index in [4.69, 9.17) is 14.5 Å². The van der Waals surface area contributed by atoms with E-state index < -0.39 is 0 Å². The van der Waals surface area contributed by atoms with Crippen LogP contribution in [0.15, 0.2) is 54.7 Å². The number of methoxy groups -OCH3 is 1. The fraction of sp³-hybridized carbons (Fsp3) is 0.370. The molecule has 2 fully saturated rings. The number of anilines is 1. The molecule has 2 aliphatic rings. The van der Waals surface area contributed by atoms with Gasteiger partial charge in [0.05, 0.1) is 32.1 Å². The van der Waals surface area contributed by atoms with Crippen molar-refractivity contribution >= 4 is 11.6 Å². The normalized spacial score (nSPS) is 18.2. The number of morpholine rings is 1. The molecular weight excluding hydrogens is 428 g/mol. The first-order valence-electron chi connectivity index (χ1n) is 11.9. The highest BCUT2D eigenvalue weighted by atomic mass is 16.5. The Labute approximate surface area is 200 Å². The van der Waals surface area contributed by atoms with E-state index in [0.29, 0.717) is 5.82 Å². The average molecular weight is 459 g/mol. The quantitative estimate of drug-likeness (QED) is 0.569. The minimum absolute atomic E-state index is 0.0565. The van der Waals surface area contributed by atoms with Crippen molar-refractivity contribution in [3.8, 4) is 17.1 Å². The van der Waals surface area contributed by atoms with Crippen molar-refractivity contribution in [3.05, 3.63) is 71.5 Å². The zero-order valence-corrected chi connectivity index (χ0v) is 19.7. The molecule has 1 aromatic heterocycles. The third kappa shape index (κ3) is 4.35. The Morgan fingerprint density at radius 3 is 2.62 bits per heavy atom. The van der Waals surface area contributed by atoms with Crippen molar-refractivity contribution in [2.45, 2.75) is 25.8 Å². The summed E-state index contributed by atoms with van der Waals surface area (Å²) < 4.78 is 10.8. The van der Waals surface area contributed by atoms with Crippen molar-refractivity contribution in [3.63, 3.8) is 0 Å². The number of rotatable bonds is 5. The van der Waals surface area contributed by atoms with E-state index in [-0.39, 0.29) is 11.9 Å². The average Bonchev–Trinajstić information content (AvgIpc) is 3.39. The Morgan fingerprint density at radius 1 is 1.06 bits per heavy atom. The molecule has 5 rings (SSSR count). The van der Waals surface area contributed by atoms with E-state index in [9.17, 15) is 4.79 Å². The Kier molecular flexibility index (Phi) is 6.45. The molecule has 2 aliphatic heterocycles. The molecule has 0 N–H and O–H groups in total. The Hall–Kier alpha value is -3.45. The molecule has 0 spiro atoms. The van der Waals surface area contributed by atoms with Crippen LogP contribution in [0.3, 0.4) is 0 Å². The number of carbonyl (C=O) groups is 1. The van der Waals surface area contributed by atoms with Crippen LogP contribution in [-0.2, 0) is 4.74 Å². The summed E-state index contributed by atoms with van der Waals surface area (Å²) in [7, 11) is 1.65. The highest BCUT2D eigenvalue weighted by Crippen LogP contribution is 2.34. The van der Waals surface area contributed by atoms with Crippen LogP contribution in [0, 0.1) is 6.92 Å². The molecule has 3 aromatic rings. The largest absolute Gasteiger partial charge is 0.497 e. The van der Waals surface area contributed by atoms with E-state index >= 15 is 0 Å². The van der Waals surface area contributed by atoms with Gasteiger partial charge in [0, 0.05) is 42.6 Å². The minimum atomic E-state index is -0.0565. The number of hydrogen-bond donors (Lipinski definition) is 0. The summed E-state index contributed by atoms with van der Waals surface area (Å²) in [4.78, 5) is 27.3. The van der Waals surface area contributed by atoms with E-state index in [1.165, 1.54) is 0 Å². The molecule has 7 nitrogen and oxygen atoms in total. The molecule has 7 heteroatoms. The monoisotopic (exact) mass is 458 g/mol. The first-order chi connectivity index (χ1) is 16.7. The third-order valence-electron chi connectivity index (χ3n) is 6.77. The van der Waals surface area contributed by atoms with Crippen molar-refractivity contribution in [2.75, 3.05) is 44.9 Å². The lowest BCUT2D eigenvalue weighted by molar-refractivity contribution is 0.0732. The van der Waals surface area contributed by atoms with Crippen LogP contribution in [0.1, 0.15) is 40.5 Å². The number of hydrogen-bond acceptors (Lipinski definition) is 6. The molecule has 1 amide bonds. The summed E-state index contributed by atoms with van der Waals surface area (Å²) in [5.41, 5.74) is 4.72. The van der Waals surface area contributed by atoms with Gasteiger partial charge in [-0.15, -0.1) is 0 Å². The van der Waals surface area contributed by atoms with Gasteiger partial charge >= 0.3 is 0 Å². The van der Waals surface area contributed by atoms with E-state index in [0.717, 1.165) is 79.5 Å². The van der Waals surface area contributed by atoms with Gasteiger partial charge in [0.1, 0.15) is 5.75 Å². The second-order valence-corrected chi connectivity index (χ2v) is 8.74. The van der Waals surface area contributed by atoms with Crippen LogP contribution in [0.2, 0.25) is 0 Å². The molecule has 1 unspecified atom stereocenters. The third-order valence-corrected chi connectivity index (χ3v) is 6.77. The molecule has 0 radical (unpaired) electrons. The zero-order chi connectivity index (χ0) is 23.5. The van der Waals surface area contributed by atoms with Crippen molar-refractivity contribution in [1.82, 2.24) is 14.9 Å². The number of amides is 1. The maximum atomic E-state index is 13.7. The summed E-state index contributed by atoms with van der Waals surface area (Å²) >= 11 is 0. The second-order valence-electron chi connectivity index (χ2n) is 8.74. The summed E-state index contributed by atoms with van der Waals surface area (Å²) in [5, 5.41) is 0. The summed E-state index contributed by atoms with van der Waals surface area (Å²) in [6, 6.07) is 15.6. The number of ether oxygens (including phenoxy) is 2. The predicted octanol–water partition coefficient (Wildman–Crippen LogP) is 4.27. The standard InChI is InChI=1S/C27H30N4O3/c1-19-22(5-3-6-24(19)30-15-17-34-18-16-30)27(32)31-14-4-7-25(31)23-12-13-28-26(29-23)20-8-10-21(33-2)11-9-20/h3,5-6,8-13,25H,4,7,14-18H2,1-2H3. The van der Waals surface area contributed by atoms with Crippen molar-refractivity contribution < 1.29 is 14.3 Å². The lowest BCUT2D eigenvalue weighted by Crippen LogP contribution is -2.37. The summed E-state index contributed by atoms with van der Waals surface area (Å²) in [6.07, 6.45) is 3.64. The van der Waals surface area contributed by atoms with E-state index in [1.807, 2.05) is 47.4 Å². The molecule has 0 saturated carbocycles. The highest BCUT2D eigenvalue weighted by molar-refractivity contribution is 5.97. The molecule has 3 heterocycles. The van der Waals surface area contributed by atoms with Gasteiger partial charge < -0.3 is 19.3 Å². The lowest BCUT2D eigenvalue weighted by atomic mass is 10.0. The highest BCUT2D eigenvalue weighted by Gasteiger charge is 2.33. The number of carbonyl (C=O) groups excluding carboxylic acids is 1. The van der Waals surface area contributed by atoms with Gasteiger partial charge in [0.15, 0.2) is 5.82 Å². The maximum absolute atomic E-state index is 13.7. The zero-order valence-electron chi connectivity index (χ0n) is 19.7. The summed E-state index contributed by atoms with van der Waals surface area (Å²) in [5.74, 6) is 1.52. The van der Waals surface area contributed by atoms with Gasteiger partial charge in [-0.3, -0.25) is 4.79 Å². The fourth-order valence-electron chi connectivity index (χ4n) is 4.91. The van der Waals surface area contributed by atoms with Crippen LogP contribution in [0.25, 0.3) is 11.4 Å². The number of nitrogens with zero attached hydrogens (tertiary/aromatic N) is 4. The topological polar surface area (TPSA) is 67.8 Å². The lowest BCUT2D eigenvalue weighted by Gasteiger charge is -2.31. The molecule has 34 heavy (non-hydrogen) atoms. The minimum Gasteiger partial charge on any atom is -0.497 e. The molecule has 2 aromatic carbocycles. The van der Waals surface area contributed by atoms with Crippen LogP contribution in [0.4, 0.5) is 5.69 Å². The van der Waals surface area contributed by atoms with Gasteiger partial charge in [-0.05, 0) is 67.8 Å². The summed E-state index contributed by atoms with van der Waals surface area (Å²) in [6.45, 7) is 5.91. The molecule has 1 atom stereocenters. The molecular formula is C27H30N4O3. The van der Waals surface area contributed by atoms with Crippen LogP contribution in [0.5, 0.6) is 5.75 Å². The van der Waals surface area contributed by atoms with Gasteiger partial charge in [0.2, 0.25) is 0 Å². The van der Waals surface area contributed by atoms with Crippen LogP contribution >= 0.6 is 0 Å². The smallest absolute Gasteiger partial charge is 0.254 e. The van der Waals surface area contributed by atoms with Crippen LogP contribution in [-0.4, -0.2) is 60.7 Å².